The highest BCUT2D eigenvalue weighted by Crippen LogP contribution is 2.19. The number of esters is 1. The molecule has 0 amide bonds. The molecule has 98 valence electrons. The zero-order valence-corrected chi connectivity index (χ0v) is 10.9. The van der Waals surface area contributed by atoms with Crippen LogP contribution in [0.25, 0.3) is 0 Å². The fourth-order valence-corrected chi connectivity index (χ4v) is 2.39. The van der Waals surface area contributed by atoms with Crippen molar-refractivity contribution in [2.75, 3.05) is 19.7 Å². The van der Waals surface area contributed by atoms with E-state index in [0.29, 0.717) is 19.2 Å². The number of piperidine rings is 1. The average molecular weight is 241 g/mol. The molecule has 0 radical (unpaired) electrons. The van der Waals surface area contributed by atoms with E-state index in [1.165, 1.54) is 12.8 Å². The van der Waals surface area contributed by atoms with Crippen LogP contribution in [0, 0.1) is 0 Å². The van der Waals surface area contributed by atoms with Gasteiger partial charge in [0.15, 0.2) is 5.78 Å². The molecule has 1 aliphatic rings. The third-order valence-corrected chi connectivity index (χ3v) is 3.25. The van der Waals surface area contributed by atoms with E-state index in [0.717, 1.165) is 19.4 Å². The fourth-order valence-electron chi connectivity index (χ4n) is 2.39. The van der Waals surface area contributed by atoms with Crippen molar-refractivity contribution in [3.63, 3.8) is 0 Å². The highest BCUT2D eigenvalue weighted by Gasteiger charge is 2.23. The lowest BCUT2D eigenvalue weighted by Gasteiger charge is -2.34. The molecule has 1 unspecified atom stereocenters. The van der Waals surface area contributed by atoms with Crippen molar-refractivity contribution in [3.05, 3.63) is 0 Å². The Morgan fingerprint density at radius 2 is 2.06 bits per heavy atom. The van der Waals surface area contributed by atoms with Crippen LogP contribution in [0.1, 0.15) is 46.0 Å². The molecule has 4 heteroatoms. The molecule has 4 nitrogen and oxygen atoms in total. The maximum absolute atomic E-state index is 11.7. The Morgan fingerprint density at radius 3 is 2.71 bits per heavy atom. The number of carbonyl (C=O) groups excluding carboxylic acids is 2. The summed E-state index contributed by atoms with van der Waals surface area (Å²) in [7, 11) is 0. The summed E-state index contributed by atoms with van der Waals surface area (Å²) in [5.74, 6) is -0.425. The lowest BCUT2D eigenvalue weighted by Crippen LogP contribution is -2.42. The van der Waals surface area contributed by atoms with Gasteiger partial charge < -0.3 is 4.74 Å². The van der Waals surface area contributed by atoms with Crippen LogP contribution in [-0.2, 0) is 14.3 Å². The summed E-state index contributed by atoms with van der Waals surface area (Å²) >= 11 is 0. The van der Waals surface area contributed by atoms with Gasteiger partial charge in [0.05, 0.1) is 13.2 Å². The van der Waals surface area contributed by atoms with Crippen LogP contribution >= 0.6 is 0 Å². The van der Waals surface area contributed by atoms with Gasteiger partial charge in [-0.05, 0) is 32.7 Å². The van der Waals surface area contributed by atoms with Crippen molar-refractivity contribution in [2.45, 2.75) is 52.0 Å². The van der Waals surface area contributed by atoms with Crippen LogP contribution in [0.5, 0.6) is 0 Å². The molecule has 0 spiro atoms. The van der Waals surface area contributed by atoms with Gasteiger partial charge in [-0.25, -0.2) is 0 Å². The summed E-state index contributed by atoms with van der Waals surface area (Å²) in [4.78, 5) is 25.1. The second-order valence-electron chi connectivity index (χ2n) is 4.55. The lowest BCUT2D eigenvalue weighted by atomic mass is 9.99. The second-order valence-corrected chi connectivity index (χ2v) is 4.55. The minimum Gasteiger partial charge on any atom is -0.466 e. The standard InChI is InChI=1S/C13H23NO3/c1-3-11-7-5-6-8-14(11)10-12(15)9-13(16)17-4-2/h11H,3-10H2,1-2H3. The number of likely N-dealkylation sites (tertiary alicyclic amines) is 1. The molecule has 1 heterocycles. The van der Waals surface area contributed by atoms with Crippen molar-refractivity contribution in [1.29, 1.82) is 0 Å². The van der Waals surface area contributed by atoms with E-state index in [9.17, 15) is 9.59 Å². The van der Waals surface area contributed by atoms with Gasteiger partial charge >= 0.3 is 5.97 Å². The van der Waals surface area contributed by atoms with Gasteiger partial charge in [0, 0.05) is 6.04 Å². The van der Waals surface area contributed by atoms with Crippen LogP contribution in [0.3, 0.4) is 0 Å². The molecule has 1 rings (SSSR count). The Kier molecular flexibility index (Phi) is 6.19. The first-order valence-electron chi connectivity index (χ1n) is 6.58. The molecule has 0 N–H and O–H groups in total. The van der Waals surface area contributed by atoms with Crippen LogP contribution in [0.15, 0.2) is 0 Å². The number of hydrogen-bond acceptors (Lipinski definition) is 4. The van der Waals surface area contributed by atoms with Gasteiger partial charge in [-0.1, -0.05) is 13.3 Å². The third kappa shape index (κ3) is 4.86. The molecule has 0 aromatic rings. The molecular weight excluding hydrogens is 218 g/mol. The minimum absolute atomic E-state index is 0.0243. The monoisotopic (exact) mass is 241 g/mol. The number of ether oxygens (including phenoxy) is 1. The number of hydrogen-bond donors (Lipinski definition) is 0. The molecule has 1 saturated heterocycles. The molecule has 1 aliphatic heterocycles. The second kappa shape index (κ2) is 7.43. The average Bonchev–Trinajstić information content (AvgIpc) is 2.29. The van der Waals surface area contributed by atoms with Crippen molar-refractivity contribution >= 4 is 11.8 Å². The Hall–Kier alpha value is -0.900. The zero-order valence-electron chi connectivity index (χ0n) is 10.9. The first-order chi connectivity index (χ1) is 8.17. The number of carbonyl (C=O) groups is 2. The van der Waals surface area contributed by atoms with Crippen molar-refractivity contribution in [2.24, 2.45) is 0 Å². The highest BCUT2D eigenvalue weighted by molar-refractivity contribution is 5.96. The van der Waals surface area contributed by atoms with E-state index in [2.05, 4.69) is 11.8 Å². The lowest BCUT2D eigenvalue weighted by molar-refractivity contribution is -0.145. The van der Waals surface area contributed by atoms with Gasteiger partial charge in [-0.2, -0.15) is 0 Å². The SMILES string of the molecule is CCOC(=O)CC(=O)CN1CCCCC1CC. The topological polar surface area (TPSA) is 46.6 Å². The van der Waals surface area contributed by atoms with Crippen molar-refractivity contribution < 1.29 is 14.3 Å². The minimum atomic E-state index is -0.400. The van der Waals surface area contributed by atoms with Gasteiger partial charge in [0.25, 0.3) is 0 Å². The Morgan fingerprint density at radius 1 is 1.29 bits per heavy atom. The van der Waals surface area contributed by atoms with Crippen LogP contribution in [0.4, 0.5) is 0 Å². The summed E-state index contributed by atoms with van der Waals surface area (Å²) in [5, 5.41) is 0. The van der Waals surface area contributed by atoms with E-state index in [4.69, 9.17) is 4.74 Å². The Bertz CT molecular complexity index is 265. The molecule has 1 atom stereocenters. The van der Waals surface area contributed by atoms with E-state index < -0.39 is 5.97 Å². The van der Waals surface area contributed by atoms with Gasteiger partial charge in [-0.3, -0.25) is 14.5 Å². The van der Waals surface area contributed by atoms with E-state index >= 15 is 0 Å². The zero-order chi connectivity index (χ0) is 12.7. The molecule has 0 aliphatic carbocycles. The molecule has 0 aromatic carbocycles. The first-order valence-corrected chi connectivity index (χ1v) is 6.58. The van der Waals surface area contributed by atoms with Crippen molar-refractivity contribution in [1.82, 2.24) is 4.90 Å². The van der Waals surface area contributed by atoms with E-state index in [-0.39, 0.29) is 12.2 Å². The largest absolute Gasteiger partial charge is 0.466 e. The maximum Gasteiger partial charge on any atom is 0.313 e. The quantitative estimate of drug-likeness (QED) is 0.525. The van der Waals surface area contributed by atoms with Gasteiger partial charge in [0.1, 0.15) is 6.42 Å². The smallest absolute Gasteiger partial charge is 0.313 e. The molecule has 0 saturated carbocycles. The Balaban J connectivity index is 2.35. The van der Waals surface area contributed by atoms with Gasteiger partial charge in [-0.15, -0.1) is 0 Å². The summed E-state index contributed by atoms with van der Waals surface area (Å²) < 4.78 is 4.78. The fraction of sp³-hybridized carbons (Fsp3) is 0.846. The number of nitrogens with zero attached hydrogens (tertiary/aromatic N) is 1. The summed E-state index contributed by atoms with van der Waals surface area (Å²) in [6, 6.07) is 0.509. The Labute approximate surface area is 103 Å². The molecule has 1 fully saturated rings. The van der Waals surface area contributed by atoms with Crippen LogP contribution in [0.2, 0.25) is 0 Å². The van der Waals surface area contributed by atoms with Crippen LogP contribution < -0.4 is 0 Å². The number of rotatable bonds is 6. The normalized spacial score (nSPS) is 21.2. The van der Waals surface area contributed by atoms with E-state index in [1.54, 1.807) is 6.92 Å². The summed E-state index contributed by atoms with van der Waals surface area (Å²) in [5.41, 5.74) is 0. The summed E-state index contributed by atoms with van der Waals surface area (Å²) in [6.07, 6.45) is 4.57. The predicted molar refractivity (Wildman–Crippen MR) is 65.8 cm³/mol. The number of ketones is 1. The molecular formula is C13H23NO3. The van der Waals surface area contributed by atoms with E-state index in [1.807, 2.05) is 0 Å². The molecule has 0 aromatic heterocycles. The third-order valence-electron chi connectivity index (χ3n) is 3.25. The van der Waals surface area contributed by atoms with Crippen molar-refractivity contribution in [3.8, 4) is 0 Å². The highest BCUT2D eigenvalue weighted by atomic mass is 16.5. The summed E-state index contributed by atoms with van der Waals surface area (Å²) in [6.45, 7) is 5.62. The predicted octanol–water partition coefficient (Wildman–Crippen LogP) is 1.77. The van der Waals surface area contributed by atoms with Gasteiger partial charge in [0.2, 0.25) is 0 Å². The number of Topliss-reactive ketones (excluding diaryl/α,β-unsaturated/α-hetero) is 1. The van der Waals surface area contributed by atoms with Crippen LogP contribution in [-0.4, -0.2) is 42.4 Å². The first kappa shape index (κ1) is 14.2. The molecule has 17 heavy (non-hydrogen) atoms. The molecule has 0 bridgehead atoms. The maximum atomic E-state index is 11.7.